The van der Waals surface area contributed by atoms with E-state index in [9.17, 15) is 22.8 Å². The molecule has 2 aromatic rings. The van der Waals surface area contributed by atoms with Crippen LogP contribution in [0.1, 0.15) is 44.1 Å². The minimum Gasteiger partial charge on any atom is -0.354 e. The standard InChI is InChI=1S/C21H26F3N5O2/c22-21(23,24)16-7-2-3-8-17(16)27-19(31)28-20(9-4-1-5-10-20)18(30)26-11-6-13-29-14-12-25-15-29/h2-3,7-8,12,14-15H,1,4-6,9-11,13H2,(H,26,30)(H2,27,28,31). The zero-order valence-electron chi connectivity index (χ0n) is 17.0. The SMILES string of the molecule is O=C(Nc1ccccc1C(F)(F)F)NC1(C(=O)NCCCn2ccnc2)CCCCC1. The maximum atomic E-state index is 13.2. The molecule has 10 heteroatoms. The van der Waals surface area contributed by atoms with E-state index in [0.717, 1.165) is 25.3 Å². The molecule has 1 heterocycles. The first-order valence-electron chi connectivity index (χ1n) is 10.3. The highest BCUT2D eigenvalue weighted by Crippen LogP contribution is 2.35. The van der Waals surface area contributed by atoms with E-state index in [4.69, 9.17) is 0 Å². The summed E-state index contributed by atoms with van der Waals surface area (Å²) in [4.78, 5) is 29.5. The van der Waals surface area contributed by atoms with Crippen LogP contribution >= 0.6 is 0 Å². The number of halogens is 3. The lowest BCUT2D eigenvalue weighted by Gasteiger charge is -2.36. The third kappa shape index (κ3) is 5.99. The number of amides is 3. The van der Waals surface area contributed by atoms with Gasteiger partial charge in [-0.2, -0.15) is 13.2 Å². The van der Waals surface area contributed by atoms with Crippen molar-refractivity contribution >= 4 is 17.6 Å². The number of urea groups is 1. The Morgan fingerprint density at radius 2 is 1.87 bits per heavy atom. The average molecular weight is 437 g/mol. The first-order chi connectivity index (χ1) is 14.8. The molecule has 1 aliphatic carbocycles. The van der Waals surface area contributed by atoms with Crippen molar-refractivity contribution in [2.24, 2.45) is 0 Å². The quantitative estimate of drug-likeness (QED) is 0.574. The number of aromatic nitrogens is 2. The zero-order valence-corrected chi connectivity index (χ0v) is 17.0. The van der Waals surface area contributed by atoms with Crippen LogP contribution in [0.5, 0.6) is 0 Å². The molecule has 3 amide bonds. The molecule has 31 heavy (non-hydrogen) atoms. The summed E-state index contributed by atoms with van der Waals surface area (Å²) in [6.45, 7) is 1.11. The predicted octanol–water partition coefficient (Wildman–Crippen LogP) is 3.93. The van der Waals surface area contributed by atoms with Gasteiger partial charge in [0.15, 0.2) is 0 Å². The Morgan fingerprint density at radius 1 is 1.13 bits per heavy atom. The van der Waals surface area contributed by atoms with Crippen molar-refractivity contribution in [3.8, 4) is 0 Å². The second kappa shape index (κ2) is 9.84. The highest BCUT2D eigenvalue weighted by atomic mass is 19.4. The Labute approximate surface area is 178 Å². The van der Waals surface area contributed by atoms with E-state index in [1.54, 1.807) is 12.5 Å². The number of nitrogens with zero attached hydrogens (tertiary/aromatic N) is 2. The highest BCUT2D eigenvalue weighted by molar-refractivity contribution is 5.96. The Bertz CT molecular complexity index is 877. The van der Waals surface area contributed by atoms with Crippen LogP contribution in [0.15, 0.2) is 43.0 Å². The van der Waals surface area contributed by atoms with Gasteiger partial charge in [0, 0.05) is 25.5 Å². The van der Waals surface area contributed by atoms with E-state index in [2.05, 4.69) is 20.9 Å². The van der Waals surface area contributed by atoms with E-state index in [0.29, 0.717) is 32.4 Å². The number of alkyl halides is 3. The maximum absolute atomic E-state index is 13.2. The van der Waals surface area contributed by atoms with Crippen LogP contribution in [-0.4, -0.2) is 33.6 Å². The van der Waals surface area contributed by atoms with Gasteiger partial charge in [0.2, 0.25) is 5.91 Å². The molecule has 3 N–H and O–H groups in total. The summed E-state index contributed by atoms with van der Waals surface area (Å²) >= 11 is 0. The summed E-state index contributed by atoms with van der Waals surface area (Å²) in [6.07, 6.45) is 4.60. The summed E-state index contributed by atoms with van der Waals surface area (Å²) in [7, 11) is 0. The molecule has 1 aromatic carbocycles. The Balaban J connectivity index is 1.62. The number of hydrogen-bond acceptors (Lipinski definition) is 3. The summed E-state index contributed by atoms with van der Waals surface area (Å²) in [5, 5.41) is 7.80. The second-order valence-corrected chi connectivity index (χ2v) is 7.68. The van der Waals surface area contributed by atoms with Crippen LogP contribution in [-0.2, 0) is 17.5 Å². The number of anilines is 1. The number of aryl methyl sites for hydroxylation is 1. The van der Waals surface area contributed by atoms with E-state index >= 15 is 0 Å². The van der Waals surface area contributed by atoms with Crippen molar-refractivity contribution in [2.75, 3.05) is 11.9 Å². The number of nitrogens with one attached hydrogen (secondary N) is 3. The molecule has 0 saturated heterocycles. The van der Waals surface area contributed by atoms with E-state index in [1.807, 2.05) is 10.8 Å². The highest BCUT2D eigenvalue weighted by Gasteiger charge is 2.41. The van der Waals surface area contributed by atoms with Crippen LogP contribution < -0.4 is 16.0 Å². The predicted molar refractivity (Wildman–Crippen MR) is 109 cm³/mol. The molecule has 0 spiro atoms. The smallest absolute Gasteiger partial charge is 0.354 e. The lowest BCUT2D eigenvalue weighted by Crippen LogP contribution is -2.60. The third-order valence-electron chi connectivity index (χ3n) is 5.41. The molecule has 1 aromatic heterocycles. The van der Waals surface area contributed by atoms with Crippen molar-refractivity contribution in [1.29, 1.82) is 0 Å². The van der Waals surface area contributed by atoms with Crippen molar-refractivity contribution < 1.29 is 22.8 Å². The Hall–Kier alpha value is -3.04. The van der Waals surface area contributed by atoms with Crippen LogP contribution in [0.25, 0.3) is 0 Å². The third-order valence-corrected chi connectivity index (χ3v) is 5.41. The molecule has 1 fully saturated rings. The fourth-order valence-electron chi connectivity index (χ4n) is 3.83. The molecule has 0 bridgehead atoms. The van der Waals surface area contributed by atoms with Gasteiger partial charge in [-0.05, 0) is 31.4 Å². The van der Waals surface area contributed by atoms with E-state index in [-0.39, 0.29) is 11.6 Å². The van der Waals surface area contributed by atoms with Crippen LogP contribution in [0, 0.1) is 0 Å². The Morgan fingerprint density at radius 3 is 2.55 bits per heavy atom. The van der Waals surface area contributed by atoms with Gasteiger partial charge in [-0.3, -0.25) is 4.79 Å². The molecule has 7 nitrogen and oxygen atoms in total. The van der Waals surface area contributed by atoms with Crippen LogP contribution in [0.3, 0.4) is 0 Å². The van der Waals surface area contributed by atoms with E-state index < -0.39 is 23.3 Å². The zero-order chi connectivity index (χ0) is 22.3. The molecular weight excluding hydrogens is 411 g/mol. The normalized spacial score (nSPS) is 15.8. The van der Waals surface area contributed by atoms with Crippen LogP contribution in [0.2, 0.25) is 0 Å². The number of imidazole rings is 1. The summed E-state index contributed by atoms with van der Waals surface area (Å²) in [6, 6.07) is 3.93. The second-order valence-electron chi connectivity index (χ2n) is 7.68. The number of benzene rings is 1. The molecule has 0 aliphatic heterocycles. The van der Waals surface area contributed by atoms with Gasteiger partial charge in [0.05, 0.1) is 17.6 Å². The Kier molecular flexibility index (Phi) is 7.19. The molecule has 168 valence electrons. The maximum Gasteiger partial charge on any atom is 0.418 e. The van der Waals surface area contributed by atoms with Gasteiger partial charge >= 0.3 is 12.2 Å². The van der Waals surface area contributed by atoms with Gasteiger partial charge in [-0.25, -0.2) is 9.78 Å². The molecule has 0 radical (unpaired) electrons. The van der Waals surface area contributed by atoms with Crippen molar-refractivity contribution in [3.05, 3.63) is 48.5 Å². The van der Waals surface area contributed by atoms with Crippen molar-refractivity contribution in [3.63, 3.8) is 0 Å². The van der Waals surface area contributed by atoms with Crippen LogP contribution in [0.4, 0.5) is 23.7 Å². The van der Waals surface area contributed by atoms with Gasteiger partial charge in [-0.15, -0.1) is 0 Å². The van der Waals surface area contributed by atoms with Gasteiger partial charge < -0.3 is 20.5 Å². The molecule has 0 atom stereocenters. The number of carbonyl (C=O) groups excluding carboxylic acids is 2. The first kappa shape index (κ1) is 22.6. The minimum absolute atomic E-state index is 0.308. The topological polar surface area (TPSA) is 88.0 Å². The number of hydrogen-bond donors (Lipinski definition) is 3. The molecular formula is C21H26F3N5O2. The van der Waals surface area contributed by atoms with E-state index in [1.165, 1.54) is 18.2 Å². The monoisotopic (exact) mass is 437 g/mol. The molecule has 0 unspecified atom stereocenters. The first-order valence-corrected chi connectivity index (χ1v) is 10.3. The molecule has 1 saturated carbocycles. The fourth-order valence-corrected chi connectivity index (χ4v) is 3.83. The number of carbonyl (C=O) groups is 2. The largest absolute Gasteiger partial charge is 0.418 e. The lowest BCUT2D eigenvalue weighted by atomic mass is 9.81. The van der Waals surface area contributed by atoms with Crippen molar-refractivity contribution in [2.45, 2.75) is 56.8 Å². The average Bonchev–Trinajstić information content (AvgIpc) is 3.25. The summed E-state index contributed by atoms with van der Waals surface area (Å²) in [5.74, 6) is -0.308. The molecule has 3 rings (SSSR count). The summed E-state index contributed by atoms with van der Waals surface area (Å²) < 4.78 is 41.5. The number of para-hydroxylation sites is 1. The van der Waals surface area contributed by atoms with Gasteiger partial charge in [0.1, 0.15) is 5.54 Å². The summed E-state index contributed by atoms with van der Waals surface area (Å²) in [5.41, 5.74) is -2.42. The lowest BCUT2D eigenvalue weighted by molar-refractivity contribution is -0.137. The fraction of sp³-hybridized carbons (Fsp3) is 0.476. The van der Waals surface area contributed by atoms with Gasteiger partial charge in [0.25, 0.3) is 0 Å². The van der Waals surface area contributed by atoms with Crippen molar-refractivity contribution in [1.82, 2.24) is 20.2 Å². The molecule has 1 aliphatic rings. The van der Waals surface area contributed by atoms with Gasteiger partial charge in [-0.1, -0.05) is 31.4 Å². The minimum atomic E-state index is -4.60. The number of rotatable bonds is 7.